The monoisotopic (exact) mass is 334 g/mol. The van der Waals surface area contributed by atoms with Crippen LogP contribution in [-0.4, -0.2) is 12.9 Å². The molecule has 2 aromatic rings. The van der Waals surface area contributed by atoms with E-state index in [9.17, 15) is 4.79 Å². The maximum absolute atomic E-state index is 11.2. The second-order valence-corrected chi connectivity index (χ2v) is 5.18. The van der Waals surface area contributed by atoms with Crippen LogP contribution in [0.25, 0.3) is 0 Å². The highest BCUT2D eigenvalue weighted by Crippen LogP contribution is 2.24. The van der Waals surface area contributed by atoms with E-state index in [1.807, 2.05) is 18.2 Å². The summed E-state index contributed by atoms with van der Waals surface area (Å²) in [6.45, 7) is 1.97. The number of ether oxygens (including phenoxy) is 2. The van der Waals surface area contributed by atoms with Gasteiger partial charge in [-0.1, -0.05) is 15.9 Å². The Morgan fingerprint density at radius 2 is 1.75 bits per heavy atom. The van der Waals surface area contributed by atoms with E-state index in [1.165, 1.54) is 0 Å². The molecule has 0 radical (unpaired) electrons. The number of methoxy groups -OCH3 is 1. The summed E-state index contributed by atoms with van der Waals surface area (Å²) in [6, 6.07) is 12.9. The molecule has 4 heteroatoms. The lowest BCUT2D eigenvalue weighted by Crippen LogP contribution is -1.98. The maximum atomic E-state index is 11.2. The van der Waals surface area contributed by atoms with Gasteiger partial charge in [0.25, 0.3) is 0 Å². The second kappa shape index (κ2) is 6.57. The van der Waals surface area contributed by atoms with Crippen LogP contribution < -0.4 is 9.47 Å². The van der Waals surface area contributed by atoms with E-state index in [1.54, 1.807) is 38.3 Å². The molecule has 0 heterocycles. The topological polar surface area (TPSA) is 35.5 Å². The van der Waals surface area contributed by atoms with Crippen molar-refractivity contribution in [2.45, 2.75) is 13.5 Å². The minimum absolute atomic E-state index is 0.0482. The molecule has 0 amide bonds. The summed E-state index contributed by atoms with van der Waals surface area (Å²) in [5, 5.41) is 0. The Morgan fingerprint density at radius 1 is 1.10 bits per heavy atom. The molecule has 0 atom stereocenters. The Balaban J connectivity index is 2.06. The highest BCUT2D eigenvalue weighted by atomic mass is 79.9. The van der Waals surface area contributed by atoms with E-state index in [0.717, 1.165) is 21.5 Å². The summed E-state index contributed by atoms with van der Waals surface area (Å²) in [7, 11) is 1.63. The quantitative estimate of drug-likeness (QED) is 0.767. The van der Waals surface area contributed by atoms with Gasteiger partial charge in [-0.15, -0.1) is 0 Å². The molecule has 0 aliphatic rings. The lowest BCUT2D eigenvalue weighted by molar-refractivity contribution is 0.101. The van der Waals surface area contributed by atoms with Crippen LogP contribution in [0, 0.1) is 0 Å². The zero-order valence-corrected chi connectivity index (χ0v) is 12.9. The van der Waals surface area contributed by atoms with Crippen LogP contribution in [0.3, 0.4) is 0 Å². The van der Waals surface area contributed by atoms with Gasteiger partial charge in [-0.25, -0.2) is 0 Å². The van der Waals surface area contributed by atoms with Gasteiger partial charge >= 0.3 is 0 Å². The Morgan fingerprint density at radius 3 is 2.35 bits per heavy atom. The fraction of sp³-hybridized carbons (Fsp3) is 0.188. The summed E-state index contributed by atoms with van der Waals surface area (Å²) in [5.41, 5.74) is 1.68. The van der Waals surface area contributed by atoms with Crippen molar-refractivity contribution in [3.05, 3.63) is 58.1 Å². The lowest BCUT2D eigenvalue weighted by atomic mass is 10.1. The maximum Gasteiger partial charge on any atom is 0.159 e. The SMILES string of the molecule is COc1ccc(Br)c(COc2ccc(C(C)=O)cc2)c1. The fourth-order valence-corrected chi connectivity index (χ4v) is 2.10. The lowest BCUT2D eigenvalue weighted by Gasteiger charge is -2.10. The summed E-state index contributed by atoms with van der Waals surface area (Å²) in [6.07, 6.45) is 0. The smallest absolute Gasteiger partial charge is 0.159 e. The number of Topliss-reactive ketones (excluding diaryl/α,β-unsaturated/α-hetero) is 1. The number of ketones is 1. The molecule has 2 rings (SSSR count). The molecule has 3 nitrogen and oxygen atoms in total. The van der Waals surface area contributed by atoms with Crippen LogP contribution in [0.4, 0.5) is 0 Å². The van der Waals surface area contributed by atoms with E-state index >= 15 is 0 Å². The van der Waals surface area contributed by atoms with Gasteiger partial charge in [0.2, 0.25) is 0 Å². The van der Waals surface area contributed by atoms with Crippen molar-refractivity contribution in [1.82, 2.24) is 0 Å². The predicted molar refractivity (Wildman–Crippen MR) is 81.5 cm³/mol. The normalized spacial score (nSPS) is 10.2. The number of carbonyl (C=O) groups excluding carboxylic acids is 1. The first-order valence-electron chi connectivity index (χ1n) is 6.16. The van der Waals surface area contributed by atoms with Gasteiger partial charge in [-0.3, -0.25) is 4.79 Å². The largest absolute Gasteiger partial charge is 0.497 e. The van der Waals surface area contributed by atoms with E-state index < -0.39 is 0 Å². The molecule has 0 aromatic heterocycles. The molecule has 0 spiro atoms. The first-order valence-corrected chi connectivity index (χ1v) is 6.95. The Kier molecular flexibility index (Phi) is 4.79. The molecule has 0 unspecified atom stereocenters. The number of rotatable bonds is 5. The van der Waals surface area contributed by atoms with Gasteiger partial charge < -0.3 is 9.47 Å². The second-order valence-electron chi connectivity index (χ2n) is 4.33. The highest BCUT2D eigenvalue weighted by molar-refractivity contribution is 9.10. The third-order valence-corrected chi connectivity index (χ3v) is 3.68. The van der Waals surface area contributed by atoms with E-state index in [2.05, 4.69) is 15.9 Å². The van der Waals surface area contributed by atoms with Crippen LogP contribution in [-0.2, 0) is 6.61 Å². The van der Waals surface area contributed by atoms with Crippen molar-refractivity contribution >= 4 is 21.7 Å². The molecule has 0 saturated heterocycles. The standard InChI is InChI=1S/C16H15BrO3/c1-11(18)12-3-5-14(6-4-12)20-10-13-9-15(19-2)7-8-16(13)17/h3-9H,10H2,1-2H3. The summed E-state index contributed by atoms with van der Waals surface area (Å²) >= 11 is 3.48. The number of hydrogen-bond acceptors (Lipinski definition) is 3. The zero-order chi connectivity index (χ0) is 14.5. The summed E-state index contributed by atoms with van der Waals surface area (Å²) in [5.74, 6) is 1.57. The number of benzene rings is 2. The highest BCUT2D eigenvalue weighted by Gasteiger charge is 2.04. The molecule has 0 bridgehead atoms. The number of halogens is 1. The van der Waals surface area contributed by atoms with Crippen LogP contribution >= 0.6 is 15.9 Å². The first-order chi connectivity index (χ1) is 9.60. The van der Waals surface area contributed by atoms with Crippen LogP contribution in [0.15, 0.2) is 46.9 Å². The Bertz CT molecular complexity index is 606. The zero-order valence-electron chi connectivity index (χ0n) is 11.4. The van der Waals surface area contributed by atoms with Crippen LogP contribution in [0.5, 0.6) is 11.5 Å². The molecule has 104 valence electrons. The number of hydrogen-bond donors (Lipinski definition) is 0. The molecular formula is C16H15BrO3. The van der Waals surface area contributed by atoms with Gasteiger partial charge in [0, 0.05) is 15.6 Å². The van der Waals surface area contributed by atoms with Crippen molar-refractivity contribution in [3.8, 4) is 11.5 Å². The molecule has 0 N–H and O–H groups in total. The van der Waals surface area contributed by atoms with Crippen molar-refractivity contribution in [2.75, 3.05) is 7.11 Å². The van der Waals surface area contributed by atoms with Crippen LogP contribution in [0.2, 0.25) is 0 Å². The molecule has 0 saturated carbocycles. The average Bonchev–Trinajstić information content (AvgIpc) is 2.47. The first kappa shape index (κ1) is 14.6. The van der Waals surface area contributed by atoms with Crippen molar-refractivity contribution in [3.63, 3.8) is 0 Å². The van der Waals surface area contributed by atoms with Gasteiger partial charge in [0.15, 0.2) is 5.78 Å². The van der Waals surface area contributed by atoms with Crippen LogP contribution in [0.1, 0.15) is 22.8 Å². The minimum Gasteiger partial charge on any atom is -0.497 e. The van der Waals surface area contributed by atoms with Crippen molar-refractivity contribution in [2.24, 2.45) is 0 Å². The average molecular weight is 335 g/mol. The Hall–Kier alpha value is -1.81. The fourth-order valence-electron chi connectivity index (χ4n) is 1.74. The van der Waals surface area contributed by atoms with E-state index in [-0.39, 0.29) is 5.78 Å². The van der Waals surface area contributed by atoms with Gasteiger partial charge in [-0.2, -0.15) is 0 Å². The van der Waals surface area contributed by atoms with E-state index in [0.29, 0.717) is 12.2 Å². The minimum atomic E-state index is 0.0482. The van der Waals surface area contributed by atoms with E-state index in [4.69, 9.17) is 9.47 Å². The molecule has 20 heavy (non-hydrogen) atoms. The van der Waals surface area contributed by atoms with Crippen molar-refractivity contribution < 1.29 is 14.3 Å². The molecule has 0 aliphatic heterocycles. The molecule has 0 aliphatic carbocycles. The van der Waals surface area contributed by atoms with Crippen molar-refractivity contribution in [1.29, 1.82) is 0 Å². The van der Waals surface area contributed by atoms with Gasteiger partial charge in [0.05, 0.1) is 7.11 Å². The molecule has 2 aromatic carbocycles. The molecule has 0 fully saturated rings. The summed E-state index contributed by atoms with van der Waals surface area (Å²) < 4.78 is 11.9. The predicted octanol–water partition coefficient (Wildman–Crippen LogP) is 4.24. The Labute approximate surface area is 126 Å². The van der Waals surface area contributed by atoms with Gasteiger partial charge in [0.1, 0.15) is 18.1 Å². The number of carbonyl (C=O) groups is 1. The third kappa shape index (κ3) is 3.61. The summed E-state index contributed by atoms with van der Waals surface area (Å²) in [4.78, 5) is 11.2. The molecular weight excluding hydrogens is 320 g/mol. The third-order valence-electron chi connectivity index (χ3n) is 2.91. The van der Waals surface area contributed by atoms with Gasteiger partial charge in [-0.05, 0) is 49.4 Å².